The second-order valence-corrected chi connectivity index (χ2v) is 9.39. The van der Waals surface area contributed by atoms with Crippen LogP contribution >= 0.6 is 11.3 Å². The Bertz CT molecular complexity index is 996. The number of hydrogen-bond donors (Lipinski definition) is 1. The predicted molar refractivity (Wildman–Crippen MR) is 124 cm³/mol. The number of ether oxygens (including phenoxy) is 1. The van der Waals surface area contributed by atoms with Gasteiger partial charge in [0.2, 0.25) is 0 Å². The number of hydrogen-bond acceptors (Lipinski definition) is 5. The number of thiophene rings is 1. The maximum atomic E-state index is 12.5. The largest absolute Gasteiger partial charge is 0.485 e. The molecule has 3 aromatic rings. The maximum Gasteiger partial charge on any atom is 0.287 e. The van der Waals surface area contributed by atoms with E-state index in [0.717, 1.165) is 37.4 Å². The molecule has 0 spiro atoms. The average molecular weight is 439 g/mol. The first-order valence-corrected chi connectivity index (χ1v) is 11.8. The normalized spacial score (nSPS) is 16.9. The van der Waals surface area contributed by atoms with E-state index in [9.17, 15) is 4.79 Å². The predicted octanol–water partition coefficient (Wildman–Crippen LogP) is 5.18. The number of amides is 1. The van der Waals surface area contributed by atoms with Crippen LogP contribution in [0.4, 0.5) is 0 Å². The summed E-state index contributed by atoms with van der Waals surface area (Å²) in [7, 11) is 0. The number of aryl methyl sites for hydroxylation is 2. The Labute approximate surface area is 188 Å². The summed E-state index contributed by atoms with van der Waals surface area (Å²) >= 11 is 1.81. The molecule has 2 aromatic heterocycles. The highest BCUT2D eigenvalue weighted by Gasteiger charge is 2.21. The minimum absolute atomic E-state index is 0.159. The lowest BCUT2D eigenvalue weighted by Crippen LogP contribution is -2.40. The molecule has 4 rings (SSSR count). The van der Waals surface area contributed by atoms with E-state index >= 15 is 0 Å². The van der Waals surface area contributed by atoms with Crippen LogP contribution in [0.3, 0.4) is 0 Å². The van der Waals surface area contributed by atoms with Crippen LogP contribution in [0.25, 0.3) is 0 Å². The Morgan fingerprint density at radius 2 is 2.16 bits per heavy atom. The lowest BCUT2D eigenvalue weighted by molar-refractivity contribution is 0.0899. The number of carbonyl (C=O) groups excluding carboxylic acids is 1. The summed E-state index contributed by atoms with van der Waals surface area (Å²) in [6, 6.07) is 13.9. The lowest BCUT2D eigenvalue weighted by atomic mass is 9.98. The standard InChI is InChI=1S/C25H30N2O3S/c1-18-7-9-23(19(2)13-18)29-17-21-8-10-24(30-21)25(28)26-14-20-5-3-11-27(15-20)16-22-6-4-12-31-22/h4,6-10,12-13,20H,3,5,11,14-17H2,1-2H3,(H,26,28). The number of nitrogens with one attached hydrogen (secondary N) is 1. The Morgan fingerprint density at radius 1 is 1.26 bits per heavy atom. The van der Waals surface area contributed by atoms with Gasteiger partial charge in [-0.05, 0) is 74.4 Å². The van der Waals surface area contributed by atoms with E-state index in [4.69, 9.17) is 9.15 Å². The van der Waals surface area contributed by atoms with Crippen LogP contribution in [0.15, 0.2) is 52.3 Å². The van der Waals surface area contributed by atoms with Crippen molar-refractivity contribution >= 4 is 17.2 Å². The molecule has 1 unspecified atom stereocenters. The molecule has 1 amide bonds. The highest BCUT2D eigenvalue weighted by Crippen LogP contribution is 2.22. The van der Waals surface area contributed by atoms with Gasteiger partial charge in [-0.15, -0.1) is 11.3 Å². The molecule has 1 aliphatic heterocycles. The number of piperidine rings is 1. The van der Waals surface area contributed by atoms with Gasteiger partial charge < -0.3 is 14.5 Å². The van der Waals surface area contributed by atoms with Crippen molar-refractivity contribution in [1.82, 2.24) is 10.2 Å². The summed E-state index contributed by atoms with van der Waals surface area (Å²) in [6.07, 6.45) is 2.32. The zero-order chi connectivity index (χ0) is 21.6. The first-order valence-electron chi connectivity index (χ1n) is 10.9. The second-order valence-electron chi connectivity index (χ2n) is 8.36. The molecule has 1 saturated heterocycles. The summed E-state index contributed by atoms with van der Waals surface area (Å²) in [5.41, 5.74) is 2.29. The number of rotatable bonds is 8. The van der Waals surface area contributed by atoms with Gasteiger partial charge in [-0.2, -0.15) is 0 Å². The summed E-state index contributed by atoms with van der Waals surface area (Å²) in [4.78, 5) is 16.4. The van der Waals surface area contributed by atoms with Gasteiger partial charge in [0.05, 0.1) is 0 Å². The Balaban J connectivity index is 1.24. The van der Waals surface area contributed by atoms with Crippen molar-refractivity contribution in [3.8, 4) is 5.75 Å². The Hall–Kier alpha value is -2.57. The molecule has 1 aromatic carbocycles. The number of nitrogens with zero attached hydrogens (tertiary/aromatic N) is 1. The smallest absolute Gasteiger partial charge is 0.287 e. The molecule has 1 N–H and O–H groups in total. The van der Waals surface area contributed by atoms with Crippen molar-refractivity contribution in [2.24, 2.45) is 5.92 Å². The van der Waals surface area contributed by atoms with Crippen molar-refractivity contribution in [1.29, 1.82) is 0 Å². The van der Waals surface area contributed by atoms with Gasteiger partial charge >= 0.3 is 0 Å². The van der Waals surface area contributed by atoms with Crippen LogP contribution in [0.2, 0.25) is 0 Å². The first kappa shape index (κ1) is 21.7. The lowest BCUT2D eigenvalue weighted by Gasteiger charge is -2.32. The highest BCUT2D eigenvalue weighted by atomic mass is 32.1. The Kier molecular flexibility index (Phi) is 7.10. The Morgan fingerprint density at radius 3 is 2.97 bits per heavy atom. The summed E-state index contributed by atoms with van der Waals surface area (Å²) in [5, 5.41) is 5.18. The molecule has 1 aliphatic rings. The van der Waals surface area contributed by atoms with E-state index in [0.29, 0.717) is 30.6 Å². The number of furan rings is 1. The molecule has 1 atom stereocenters. The quantitative estimate of drug-likeness (QED) is 0.527. The first-order chi connectivity index (χ1) is 15.1. The molecule has 5 nitrogen and oxygen atoms in total. The second kappa shape index (κ2) is 10.2. The van der Waals surface area contributed by atoms with Gasteiger partial charge in [0, 0.05) is 24.5 Å². The SMILES string of the molecule is Cc1ccc(OCc2ccc(C(=O)NCC3CCCN(Cc4cccs4)C3)o2)c(C)c1. The fourth-order valence-corrected chi connectivity index (χ4v) is 4.84. The molecule has 0 aliphatic carbocycles. The van der Waals surface area contributed by atoms with Gasteiger partial charge in [0.15, 0.2) is 5.76 Å². The zero-order valence-electron chi connectivity index (χ0n) is 18.2. The molecule has 0 bridgehead atoms. The number of likely N-dealkylation sites (tertiary alicyclic amines) is 1. The van der Waals surface area contributed by atoms with Gasteiger partial charge in [0.1, 0.15) is 18.1 Å². The van der Waals surface area contributed by atoms with Crippen molar-refractivity contribution in [2.75, 3.05) is 19.6 Å². The molecule has 31 heavy (non-hydrogen) atoms. The molecule has 164 valence electrons. The van der Waals surface area contributed by atoms with E-state index in [1.165, 1.54) is 16.9 Å². The van der Waals surface area contributed by atoms with Crippen molar-refractivity contribution in [3.05, 3.63) is 75.4 Å². The molecular weight excluding hydrogens is 408 g/mol. The molecular formula is C25H30N2O3S. The number of benzene rings is 1. The van der Waals surface area contributed by atoms with Crippen LogP contribution in [-0.2, 0) is 13.2 Å². The van der Waals surface area contributed by atoms with Gasteiger partial charge in [-0.1, -0.05) is 23.8 Å². The van der Waals surface area contributed by atoms with E-state index in [-0.39, 0.29) is 5.91 Å². The summed E-state index contributed by atoms with van der Waals surface area (Å²) in [5.74, 6) is 2.13. The summed E-state index contributed by atoms with van der Waals surface area (Å²) < 4.78 is 11.6. The van der Waals surface area contributed by atoms with E-state index in [1.807, 2.05) is 25.1 Å². The van der Waals surface area contributed by atoms with Crippen LogP contribution < -0.4 is 10.1 Å². The topological polar surface area (TPSA) is 54.7 Å². The third kappa shape index (κ3) is 5.99. The van der Waals surface area contributed by atoms with Crippen molar-refractivity contribution < 1.29 is 13.9 Å². The van der Waals surface area contributed by atoms with Crippen molar-refractivity contribution in [2.45, 2.75) is 39.8 Å². The number of carbonyl (C=O) groups is 1. The highest BCUT2D eigenvalue weighted by molar-refractivity contribution is 7.09. The summed E-state index contributed by atoms with van der Waals surface area (Å²) in [6.45, 7) is 8.21. The van der Waals surface area contributed by atoms with Crippen LogP contribution in [0.5, 0.6) is 5.75 Å². The van der Waals surface area contributed by atoms with E-state index in [2.05, 4.69) is 40.7 Å². The third-order valence-corrected chi connectivity index (χ3v) is 6.56. The van der Waals surface area contributed by atoms with Crippen LogP contribution in [0.1, 0.15) is 45.2 Å². The zero-order valence-corrected chi connectivity index (χ0v) is 19.0. The fourth-order valence-electron chi connectivity index (χ4n) is 4.10. The molecule has 3 heterocycles. The van der Waals surface area contributed by atoms with Crippen LogP contribution in [-0.4, -0.2) is 30.4 Å². The minimum Gasteiger partial charge on any atom is -0.485 e. The molecule has 1 fully saturated rings. The average Bonchev–Trinajstić information content (AvgIpc) is 3.44. The van der Waals surface area contributed by atoms with Gasteiger partial charge in [-0.3, -0.25) is 9.69 Å². The van der Waals surface area contributed by atoms with E-state index in [1.54, 1.807) is 17.4 Å². The van der Waals surface area contributed by atoms with Crippen LogP contribution in [0, 0.1) is 19.8 Å². The van der Waals surface area contributed by atoms with E-state index < -0.39 is 0 Å². The van der Waals surface area contributed by atoms with Crippen molar-refractivity contribution in [3.63, 3.8) is 0 Å². The third-order valence-electron chi connectivity index (χ3n) is 5.70. The maximum absolute atomic E-state index is 12.5. The van der Waals surface area contributed by atoms with Gasteiger partial charge in [0.25, 0.3) is 5.91 Å². The fraction of sp³-hybridized carbons (Fsp3) is 0.400. The van der Waals surface area contributed by atoms with Gasteiger partial charge in [-0.25, -0.2) is 0 Å². The monoisotopic (exact) mass is 438 g/mol. The molecule has 0 saturated carbocycles. The molecule has 0 radical (unpaired) electrons. The minimum atomic E-state index is -0.159. The molecule has 6 heteroatoms.